The molecule has 3 fully saturated rings. The molecule has 21 heavy (non-hydrogen) atoms. The summed E-state index contributed by atoms with van der Waals surface area (Å²) >= 11 is 0. The van der Waals surface area contributed by atoms with Gasteiger partial charge in [-0.1, -0.05) is 19.3 Å². The van der Waals surface area contributed by atoms with Gasteiger partial charge in [0.2, 0.25) is 17.7 Å². The van der Waals surface area contributed by atoms with Gasteiger partial charge in [0.15, 0.2) is 0 Å². The molecule has 2 heterocycles. The monoisotopic (exact) mass is 293 g/mol. The second kappa shape index (κ2) is 5.13. The molecule has 5 amide bonds. The van der Waals surface area contributed by atoms with Crippen LogP contribution in [0.1, 0.15) is 44.9 Å². The van der Waals surface area contributed by atoms with Gasteiger partial charge < -0.3 is 5.32 Å². The van der Waals surface area contributed by atoms with E-state index in [1.807, 2.05) is 0 Å². The summed E-state index contributed by atoms with van der Waals surface area (Å²) in [5.41, 5.74) is -1.07. The number of hydrogen-bond acceptors (Lipinski definition) is 4. The number of nitrogens with zero attached hydrogens (tertiary/aromatic N) is 1. The minimum atomic E-state index is -1.07. The Bertz CT molecular complexity index is 510. The minimum Gasteiger partial charge on any atom is -0.352 e. The Labute approximate surface area is 122 Å². The largest absolute Gasteiger partial charge is 0.352 e. The first-order valence-corrected chi connectivity index (χ1v) is 7.50. The normalized spacial score (nSPS) is 28.8. The fourth-order valence-corrected chi connectivity index (χ4v) is 3.53. The van der Waals surface area contributed by atoms with E-state index in [1.165, 1.54) is 0 Å². The third-order valence-corrected chi connectivity index (χ3v) is 4.75. The first-order valence-electron chi connectivity index (χ1n) is 7.50. The van der Waals surface area contributed by atoms with E-state index in [0.717, 1.165) is 24.2 Å². The van der Waals surface area contributed by atoms with E-state index >= 15 is 0 Å². The first-order chi connectivity index (χ1) is 10.0. The van der Waals surface area contributed by atoms with E-state index in [4.69, 9.17) is 0 Å². The van der Waals surface area contributed by atoms with Crippen molar-refractivity contribution >= 4 is 23.8 Å². The minimum absolute atomic E-state index is 0.0617. The number of urea groups is 1. The number of carbonyl (C=O) groups is 4. The van der Waals surface area contributed by atoms with Crippen LogP contribution in [0.4, 0.5) is 4.79 Å². The van der Waals surface area contributed by atoms with Crippen molar-refractivity contribution in [2.45, 2.75) is 51.0 Å². The van der Waals surface area contributed by atoms with Crippen LogP contribution in [-0.4, -0.2) is 41.2 Å². The second-order valence-electron chi connectivity index (χ2n) is 6.12. The molecule has 7 nitrogen and oxygen atoms in total. The summed E-state index contributed by atoms with van der Waals surface area (Å²) in [4.78, 5) is 49.2. The highest BCUT2D eigenvalue weighted by atomic mass is 16.2. The predicted molar refractivity (Wildman–Crippen MR) is 71.9 cm³/mol. The maximum Gasteiger partial charge on any atom is 0.330 e. The maximum absolute atomic E-state index is 12.7. The summed E-state index contributed by atoms with van der Waals surface area (Å²) in [5.74, 6) is -0.908. The Kier molecular flexibility index (Phi) is 3.43. The molecule has 1 saturated carbocycles. The van der Waals surface area contributed by atoms with Crippen LogP contribution in [0.3, 0.4) is 0 Å². The van der Waals surface area contributed by atoms with Gasteiger partial charge in [-0.2, -0.15) is 0 Å². The Hall–Kier alpha value is -1.92. The molecule has 2 N–H and O–H groups in total. The van der Waals surface area contributed by atoms with Crippen molar-refractivity contribution in [3.05, 3.63) is 0 Å². The topological polar surface area (TPSA) is 95.6 Å². The van der Waals surface area contributed by atoms with Gasteiger partial charge in [-0.25, -0.2) is 4.79 Å². The lowest BCUT2D eigenvalue weighted by Crippen LogP contribution is -2.65. The van der Waals surface area contributed by atoms with E-state index < -0.39 is 23.3 Å². The zero-order valence-electron chi connectivity index (χ0n) is 11.8. The van der Waals surface area contributed by atoms with Crippen LogP contribution in [0, 0.1) is 5.41 Å². The highest BCUT2D eigenvalue weighted by Crippen LogP contribution is 2.40. The third-order valence-electron chi connectivity index (χ3n) is 4.75. The molecule has 1 unspecified atom stereocenters. The number of nitrogens with one attached hydrogen (secondary N) is 2. The van der Waals surface area contributed by atoms with Gasteiger partial charge in [0.05, 0.1) is 6.54 Å². The molecule has 1 aliphatic carbocycles. The number of barbiturate groups is 1. The van der Waals surface area contributed by atoms with Crippen molar-refractivity contribution in [3.8, 4) is 0 Å². The molecule has 3 aliphatic rings. The van der Waals surface area contributed by atoms with E-state index in [2.05, 4.69) is 10.6 Å². The fraction of sp³-hybridized carbons (Fsp3) is 0.714. The smallest absolute Gasteiger partial charge is 0.330 e. The average Bonchev–Trinajstić information content (AvgIpc) is 2.88. The number of hydrogen-bond donors (Lipinski definition) is 2. The van der Waals surface area contributed by atoms with Crippen molar-refractivity contribution in [2.24, 2.45) is 5.41 Å². The molecule has 2 saturated heterocycles. The molecule has 2 aliphatic heterocycles. The summed E-state index contributed by atoms with van der Waals surface area (Å²) in [7, 11) is 0. The van der Waals surface area contributed by atoms with Crippen molar-refractivity contribution in [2.75, 3.05) is 6.54 Å². The molecule has 114 valence electrons. The molecule has 3 rings (SSSR count). The summed E-state index contributed by atoms with van der Waals surface area (Å²) in [6.45, 7) is 0.144. The lowest BCUT2D eigenvalue weighted by Gasteiger charge is -2.41. The van der Waals surface area contributed by atoms with Crippen LogP contribution in [0.25, 0.3) is 0 Å². The van der Waals surface area contributed by atoms with Crippen LogP contribution < -0.4 is 10.6 Å². The molecule has 0 aromatic carbocycles. The zero-order valence-corrected chi connectivity index (χ0v) is 11.8. The highest BCUT2D eigenvalue weighted by molar-refractivity contribution is 6.19. The van der Waals surface area contributed by atoms with Crippen LogP contribution >= 0.6 is 0 Å². The molecule has 1 atom stereocenters. The molecule has 0 aromatic heterocycles. The van der Waals surface area contributed by atoms with Gasteiger partial charge >= 0.3 is 6.03 Å². The zero-order chi connectivity index (χ0) is 15.0. The second-order valence-corrected chi connectivity index (χ2v) is 6.12. The van der Waals surface area contributed by atoms with Crippen LogP contribution in [0.15, 0.2) is 0 Å². The maximum atomic E-state index is 12.7. The highest BCUT2D eigenvalue weighted by Gasteiger charge is 2.54. The Balaban J connectivity index is 1.79. The van der Waals surface area contributed by atoms with Crippen molar-refractivity contribution < 1.29 is 19.2 Å². The lowest BCUT2D eigenvalue weighted by molar-refractivity contribution is -0.154. The summed E-state index contributed by atoms with van der Waals surface area (Å²) in [6.07, 6.45) is 4.67. The van der Waals surface area contributed by atoms with Gasteiger partial charge in [0, 0.05) is 12.5 Å². The fourth-order valence-electron chi connectivity index (χ4n) is 3.53. The molecular formula is C14H19N3O4. The van der Waals surface area contributed by atoms with E-state index in [1.54, 1.807) is 0 Å². The Morgan fingerprint density at radius 2 is 1.81 bits per heavy atom. The number of imide groups is 2. The average molecular weight is 293 g/mol. The summed E-state index contributed by atoms with van der Waals surface area (Å²) in [6, 6.07) is -0.872. The van der Waals surface area contributed by atoms with Gasteiger partial charge in [0.1, 0.15) is 5.41 Å². The van der Waals surface area contributed by atoms with Crippen molar-refractivity contribution in [1.29, 1.82) is 0 Å². The van der Waals surface area contributed by atoms with Crippen LogP contribution in [0.5, 0.6) is 0 Å². The third kappa shape index (κ3) is 2.30. The van der Waals surface area contributed by atoms with Gasteiger partial charge in [-0.05, 0) is 19.3 Å². The van der Waals surface area contributed by atoms with Crippen LogP contribution in [-0.2, 0) is 14.4 Å². The predicted octanol–water partition coefficient (Wildman–Crippen LogP) is 0.294. The van der Waals surface area contributed by atoms with Crippen LogP contribution in [0.2, 0.25) is 0 Å². The quantitative estimate of drug-likeness (QED) is 0.715. The number of carbonyl (C=O) groups excluding carboxylic acids is 4. The number of amides is 5. The molecule has 0 bridgehead atoms. The molecule has 0 radical (unpaired) electrons. The van der Waals surface area contributed by atoms with Gasteiger partial charge in [0.25, 0.3) is 0 Å². The standard InChI is InChI=1S/C14H19N3O4/c18-10-5-4-9(15-10)8-17-12(20)14(6-2-1-3-7-14)11(19)16-13(17)21/h9H,1-8H2,(H,15,18)(H,16,19,21). The van der Waals surface area contributed by atoms with E-state index in [9.17, 15) is 19.2 Å². The number of rotatable bonds is 2. The van der Waals surface area contributed by atoms with E-state index in [0.29, 0.717) is 25.7 Å². The van der Waals surface area contributed by atoms with E-state index in [-0.39, 0.29) is 18.5 Å². The summed E-state index contributed by atoms with van der Waals surface area (Å²) < 4.78 is 0. The van der Waals surface area contributed by atoms with Gasteiger partial charge in [-0.3, -0.25) is 24.6 Å². The SMILES string of the molecule is O=C1CCC(CN2C(=O)NC(=O)C3(CCCCC3)C2=O)N1. The first kappa shape index (κ1) is 14.0. The van der Waals surface area contributed by atoms with Crippen molar-refractivity contribution in [3.63, 3.8) is 0 Å². The molecule has 0 aromatic rings. The molecular weight excluding hydrogens is 274 g/mol. The Morgan fingerprint density at radius 1 is 1.10 bits per heavy atom. The molecule has 1 spiro atoms. The van der Waals surface area contributed by atoms with Gasteiger partial charge in [-0.15, -0.1) is 0 Å². The Morgan fingerprint density at radius 3 is 2.43 bits per heavy atom. The van der Waals surface area contributed by atoms with Crippen molar-refractivity contribution in [1.82, 2.24) is 15.5 Å². The molecule has 7 heteroatoms. The lowest BCUT2D eigenvalue weighted by atomic mass is 9.71. The summed E-state index contributed by atoms with van der Waals surface area (Å²) in [5, 5.41) is 5.07.